The Labute approximate surface area is 160 Å². The fraction of sp³-hybridized carbons (Fsp3) is 0.167. The van der Waals surface area contributed by atoms with Gasteiger partial charge in [-0.25, -0.2) is 9.97 Å². The van der Waals surface area contributed by atoms with Gasteiger partial charge in [0.15, 0.2) is 11.5 Å². The van der Waals surface area contributed by atoms with Crippen LogP contribution in [0, 0.1) is 0 Å². The summed E-state index contributed by atoms with van der Waals surface area (Å²) in [5.41, 5.74) is 7.11. The van der Waals surface area contributed by atoms with Crippen LogP contribution in [0.1, 0.15) is 16.9 Å². The van der Waals surface area contributed by atoms with Gasteiger partial charge in [0.25, 0.3) is 5.91 Å². The lowest BCUT2D eigenvalue weighted by Crippen LogP contribution is -2.27. The Morgan fingerprint density at radius 2 is 1.77 bits per heavy atom. The van der Waals surface area contributed by atoms with E-state index < -0.39 is 0 Å². The maximum absolute atomic E-state index is 12.5. The predicted molar refractivity (Wildman–Crippen MR) is 106 cm³/mol. The number of nitrogens with two attached hydrogens (primary N) is 1. The van der Waals surface area contributed by atoms with Crippen LogP contribution in [0.3, 0.4) is 0 Å². The molecule has 0 spiro atoms. The number of anilines is 1. The van der Waals surface area contributed by atoms with Crippen molar-refractivity contribution in [3.8, 4) is 0 Å². The summed E-state index contributed by atoms with van der Waals surface area (Å²) in [4.78, 5) is 22.5. The summed E-state index contributed by atoms with van der Waals surface area (Å²) in [6.45, 7) is 1.01. The smallest absolute Gasteiger partial charge is 0.273 e. The molecule has 134 valence electrons. The number of halogens is 1. The molecule has 0 radical (unpaired) electrons. The molecule has 4 N–H and O–H groups in total. The lowest BCUT2D eigenvalue weighted by Gasteiger charge is -2.11. The molecule has 3 aromatic rings. The molecule has 0 atom stereocenters. The second kappa shape index (κ2) is 8.84. The Kier molecular flexibility index (Phi) is 6.27. The third-order valence-corrected chi connectivity index (χ3v) is 4.59. The van der Waals surface area contributed by atoms with E-state index in [1.165, 1.54) is 11.9 Å². The molecule has 0 bridgehead atoms. The molecule has 0 aliphatic heterocycles. The lowest BCUT2D eigenvalue weighted by molar-refractivity contribution is 0.0949. The number of benzene rings is 2. The molecule has 0 unspecified atom stereocenters. The zero-order valence-electron chi connectivity index (χ0n) is 13.9. The Hall–Kier alpha value is -2.35. The summed E-state index contributed by atoms with van der Waals surface area (Å²) in [5, 5.41) is 3.49. The second-order valence-electron chi connectivity index (χ2n) is 5.47. The van der Waals surface area contributed by atoms with Gasteiger partial charge in [-0.3, -0.25) is 4.79 Å². The van der Waals surface area contributed by atoms with Crippen LogP contribution in [-0.2, 0) is 0 Å². The van der Waals surface area contributed by atoms with E-state index in [1.54, 1.807) is 12.1 Å². The van der Waals surface area contributed by atoms with Crippen molar-refractivity contribution in [2.45, 2.75) is 11.3 Å². The third kappa shape index (κ3) is 4.63. The molecule has 0 aliphatic carbocycles. The first-order valence-corrected chi connectivity index (χ1v) is 9.30. The van der Waals surface area contributed by atoms with Crippen LogP contribution in [0.25, 0.3) is 11.0 Å². The predicted octanol–water partition coefficient (Wildman–Crippen LogP) is 3.48. The summed E-state index contributed by atoms with van der Waals surface area (Å²) < 4.78 is 3.13. The molecule has 1 aromatic heterocycles. The number of aromatic nitrogens is 2. The molecule has 1 amide bonds. The van der Waals surface area contributed by atoms with Crippen LogP contribution in [0.15, 0.2) is 53.4 Å². The average molecular weight is 388 g/mol. The first-order valence-electron chi connectivity index (χ1n) is 8.11. The highest BCUT2D eigenvalue weighted by Crippen LogP contribution is 2.25. The van der Waals surface area contributed by atoms with E-state index in [0.29, 0.717) is 41.4 Å². The van der Waals surface area contributed by atoms with E-state index in [9.17, 15) is 4.79 Å². The monoisotopic (exact) mass is 387 g/mol. The highest BCUT2D eigenvalue weighted by atomic mass is 35.5. The highest BCUT2D eigenvalue weighted by molar-refractivity contribution is 8.00. The van der Waals surface area contributed by atoms with Crippen LogP contribution in [0.5, 0.6) is 0 Å². The summed E-state index contributed by atoms with van der Waals surface area (Å²) in [6.07, 6.45) is 0.703. The second-order valence-corrected chi connectivity index (χ2v) is 6.78. The summed E-state index contributed by atoms with van der Waals surface area (Å²) in [5.74, 6) is 0.129. The van der Waals surface area contributed by atoms with Gasteiger partial charge in [0.1, 0.15) is 0 Å². The third-order valence-electron chi connectivity index (χ3n) is 3.53. The number of carbonyl (C=O) groups is 1. The van der Waals surface area contributed by atoms with Crippen molar-refractivity contribution in [1.82, 2.24) is 15.3 Å². The van der Waals surface area contributed by atoms with Gasteiger partial charge in [-0.05, 0) is 61.3 Å². The maximum Gasteiger partial charge on any atom is 0.273 e. The van der Waals surface area contributed by atoms with Gasteiger partial charge in [-0.15, -0.1) is 0 Å². The van der Waals surface area contributed by atoms with Gasteiger partial charge in [0, 0.05) is 16.5 Å². The van der Waals surface area contributed by atoms with Crippen LogP contribution < -0.4 is 15.8 Å². The summed E-state index contributed by atoms with van der Waals surface area (Å²) in [6, 6.07) is 14.8. The van der Waals surface area contributed by atoms with E-state index in [0.717, 1.165) is 4.90 Å². The minimum Gasteiger partial charge on any atom is -0.351 e. The molecular weight excluding hydrogens is 370 g/mol. The van der Waals surface area contributed by atoms with Gasteiger partial charge >= 0.3 is 0 Å². The molecule has 26 heavy (non-hydrogen) atoms. The minimum atomic E-state index is -0.282. The molecule has 3 rings (SSSR count). The molecule has 1 heterocycles. The quantitative estimate of drug-likeness (QED) is 0.424. The van der Waals surface area contributed by atoms with Crippen molar-refractivity contribution in [2.24, 2.45) is 5.73 Å². The zero-order valence-corrected chi connectivity index (χ0v) is 15.5. The van der Waals surface area contributed by atoms with Gasteiger partial charge in [0.05, 0.1) is 11.0 Å². The van der Waals surface area contributed by atoms with E-state index in [-0.39, 0.29) is 11.6 Å². The van der Waals surface area contributed by atoms with Crippen molar-refractivity contribution in [1.29, 1.82) is 0 Å². The molecular formula is C18H18ClN5OS. The number of fused-ring (bicyclic) bond motifs is 1. The fourth-order valence-electron chi connectivity index (χ4n) is 2.23. The van der Waals surface area contributed by atoms with Gasteiger partial charge in [0.2, 0.25) is 0 Å². The van der Waals surface area contributed by atoms with E-state index in [4.69, 9.17) is 17.3 Å². The molecule has 0 aliphatic rings. The van der Waals surface area contributed by atoms with Gasteiger partial charge in [-0.1, -0.05) is 23.7 Å². The standard InChI is InChI=1S/C18H18ClN5OS/c19-12-6-8-13(9-7-12)26-24-17-16(18(25)21-11-3-10-20)22-14-4-1-2-5-15(14)23-17/h1-2,4-9H,3,10-11,20H2,(H,21,25)(H,23,24). The Balaban J connectivity index is 1.86. The van der Waals surface area contributed by atoms with Crippen molar-refractivity contribution in [3.63, 3.8) is 0 Å². The largest absolute Gasteiger partial charge is 0.351 e. The lowest BCUT2D eigenvalue weighted by atomic mass is 10.2. The number of carbonyl (C=O) groups excluding carboxylic acids is 1. The summed E-state index contributed by atoms with van der Waals surface area (Å²) in [7, 11) is 0. The number of nitrogens with zero attached hydrogens (tertiary/aromatic N) is 2. The molecule has 6 nitrogen and oxygen atoms in total. The SMILES string of the molecule is NCCCNC(=O)c1nc2ccccc2nc1NSc1ccc(Cl)cc1. The van der Waals surface area contributed by atoms with Gasteiger partial charge < -0.3 is 15.8 Å². The number of hydrogen-bond acceptors (Lipinski definition) is 6. The Bertz CT molecular complexity index is 904. The first kappa shape index (κ1) is 18.4. The average Bonchev–Trinajstić information content (AvgIpc) is 2.67. The molecule has 0 saturated heterocycles. The van der Waals surface area contributed by atoms with Crippen molar-refractivity contribution in [2.75, 3.05) is 17.8 Å². The van der Waals surface area contributed by atoms with Crippen molar-refractivity contribution in [3.05, 3.63) is 59.2 Å². The van der Waals surface area contributed by atoms with E-state index in [2.05, 4.69) is 20.0 Å². The zero-order chi connectivity index (χ0) is 18.4. The molecule has 0 saturated carbocycles. The van der Waals surface area contributed by atoms with Crippen molar-refractivity contribution >= 4 is 46.3 Å². The minimum absolute atomic E-state index is 0.252. The van der Waals surface area contributed by atoms with Crippen LogP contribution in [0.2, 0.25) is 5.02 Å². The number of amides is 1. The first-order chi connectivity index (χ1) is 12.7. The van der Waals surface area contributed by atoms with E-state index in [1.807, 2.05) is 36.4 Å². The highest BCUT2D eigenvalue weighted by Gasteiger charge is 2.16. The normalized spacial score (nSPS) is 10.7. The number of nitrogens with one attached hydrogen (secondary N) is 2. The van der Waals surface area contributed by atoms with Crippen molar-refractivity contribution < 1.29 is 4.79 Å². The number of rotatable bonds is 7. The Morgan fingerprint density at radius 3 is 2.46 bits per heavy atom. The topological polar surface area (TPSA) is 92.9 Å². The van der Waals surface area contributed by atoms with Gasteiger partial charge in [-0.2, -0.15) is 0 Å². The van der Waals surface area contributed by atoms with Crippen LogP contribution in [0.4, 0.5) is 5.82 Å². The van der Waals surface area contributed by atoms with E-state index >= 15 is 0 Å². The molecule has 8 heteroatoms. The Morgan fingerprint density at radius 1 is 1.08 bits per heavy atom. The fourth-order valence-corrected chi connectivity index (χ4v) is 2.98. The molecule has 2 aromatic carbocycles. The number of para-hydroxylation sites is 2. The summed E-state index contributed by atoms with van der Waals surface area (Å²) >= 11 is 7.25. The maximum atomic E-state index is 12.5. The molecule has 0 fully saturated rings. The van der Waals surface area contributed by atoms with Crippen LogP contribution >= 0.6 is 23.5 Å². The van der Waals surface area contributed by atoms with Crippen LogP contribution in [-0.4, -0.2) is 29.0 Å². The number of hydrogen-bond donors (Lipinski definition) is 3.